The first-order chi connectivity index (χ1) is 8.06. The third kappa shape index (κ3) is 3.51. The van der Waals surface area contributed by atoms with Gasteiger partial charge in [0.25, 0.3) is 5.91 Å². The van der Waals surface area contributed by atoms with E-state index in [1.807, 2.05) is 13.8 Å². The van der Waals surface area contributed by atoms with Crippen LogP contribution in [0.2, 0.25) is 0 Å². The van der Waals surface area contributed by atoms with Gasteiger partial charge in [0.1, 0.15) is 4.60 Å². The minimum Gasteiger partial charge on any atom is -0.394 e. The molecular formula is C12H17BrN2O2. The monoisotopic (exact) mass is 300 g/mol. The lowest BCUT2D eigenvalue weighted by Crippen LogP contribution is -2.50. The number of carbonyl (C=O) groups is 1. The SMILES string of the molecule is CCC(CC)(CO)NC(=O)c1ccc(Br)nc1. The predicted octanol–water partition coefficient (Wildman–Crippen LogP) is 2.12. The highest BCUT2D eigenvalue weighted by Crippen LogP contribution is 2.15. The van der Waals surface area contributed by atoms with Gasteiger partial charge >= 0.3 is 0 Å². The number of halogens is 1. The highest BCUT2D eigenvalue weighted by molar-refractivity contribution is 9.10. The average molecular weight is 301 g/mol. The standard InChI is InChI=1S/C12H17BrN2O2/c1-3-12(4-2,8-16)15-11(17)9-5-6-10(13)14-7-9/h5-7,16H,3-4,8H2,1-2H3,(H,15,17). The summed E-state index contributed by atoms with van der Waals surface area (Å²) in [4.78, 5) is 16.0. The first kappa shape index (κ1) is 14.1. The molecule has 5 heteroatoms. The maximum absolute atomic E-state index is 12.0. The van der Waals surface area contributed by atoms with Crippen molar-refractivity contribution in [2.75, 3.05) is 6.61 Å². The molecule has 17 heavy (non-hydrogen) atoms. The number of nitrogens with zero attached hydrogens (tertiary/aromatic N) is 1. The Labute approximate surface area is 110 Å². The molecule has 0 unspecified atom stereocenters. The molecule has 0 atom stereocenters. The molecular weight excluding hydrogens is 284 g/mol. The molecule has 0 aliphatic carbocycles. The van der Waals surface area contributed by atoms with Crippen LogP contribution in [0.25, 0.3) is 0 Å². The largest absolute Gasteiger partial charge is 0.394 e. The number of nitrogens with one attached hydrogen (secondary N) is 1. The lowest BCUT2D eigenvalue weighted by Gasteiger charge is -2.30. The Morgan fingerprint density at radius 2 is 2.12 bits per heavy atom. The summed E-state index contributed by atoms with van der Waals surface area (Å²) in [6.45, 7) is 3.83. The van der Waals surface area contributed by atoms with E-state index in [1.165, 1.54) is 6.20 Å². The van der Waals surface area contributed by atoms with Gasteiger partial charge in [-0.3, -0.25) is 4.79 Å². The molecule has 0 aromatic carbocycles. The summed E-state index contributed by atoms with van der Waals surface area (Å²) in [7, 11) is 0. The summed E-state index contributed by atoms with van der Waals surface area (Å²) < 4.78 is 0.688. The average Bonchev–Trinajstić information content (AvgIpc) is 2.37. The maximum Gasteiger partial charge on any atom is 0.253 e. The van der Waals surface area contributed by atoms with E-state index in [-0.39, 0.29) is 12.5 Å². The van der Waals surface area contributed by atoms with Gasteiger partial charge in [-0.15, -0.1) is 0 Å². The van der Waals surface area contributed by atoms with Gasteiger partial charge in [0.05, 0.1) is 17.7 Å². The Balaban J connectivity index is 2.81. The molecule has 0 spiro atoms. The van der Waals surface area contributed by atoms with Gasteiger partial charge in [-0.2, -0.15) is 0 Å². The third-order valence-electron chi connectivity index (χ3n) is 3.02. The van der Waals surface area contributed by atoms with Crippen molar-refractivity contribution < 1.29 is 9.90 Å². The predicted molar refractivity (Wildman–Crippen MR) is 69.8 cm³/mol. The van der Waals surface area contributed by atoms with Crippen molar-refractivity contribution in [1.82, 2.24) is 10.3 Å². The Morgan fingerprint density at radius 1 is 1.47 bits per heavy atom. The Hall–Kier alpha value is -0.940. The van der Waals surface area contributed by atoms with Crippen molar-refractivity contribution >= 4 is 21.8 Å². The smallest absolute Gasteiger partial charge is 0.253 e. The van der Waals surface area contributed by atoms with Crippen LogP contribution in [0.5, 0.6) is 0 Å². The fourth-order valence-corrected chi connectivity index (χ4v) is 1.75. The molecule has 1 amide bonds. The van der Waals surface area contributed by atoms with E-state index in [0.29, 0.717) is 23.0 Å². The summed E-state index contributed by atoms with van der Waals surface area (Å²) in [6, 6.07) is 3.41. The van der Waals surface area contributed by atoms with E-state index in [2.05, 4.69) is 26.2 Å². The number of pyridine rings is 1. The van der Waals surface area contributed by atoms with Gasteiger partial charge in [0, 0.05) is 6.20 Å². The molecule has 1 aromatic heterocycles. The zero-order valence-electron chi connectivity index (χ0n) is 10.0. The summed E-state index contributed by atoms with van der Waals surface area (Å²) >= 11 is 3.21. The van der Waals surface area contributed by atoms with E-state index >= 15 is 0 Å². The minimum absolute atomic E-state index is 0.0598. The van der Waals surface area contributed by atoms with Crippen LogP contribution in [0.15, 0.2) is 22.9 Å². The number of aliphatic hydroxyl groups is 1. The molecule has 0 aliphatic heterocycles. The molecule has 0 bridgehead atoms. The number of aliphatic hydroxyl groups excluding tert-OH is 1. The van der Waals surface area contributed by atoms with Crippen LogP contribution in [0.1, 0.15) is 37.0 Å². The lowest BCUT2D eigenvalue weighted by atomic mass is 9.93. The normalized spacial score (nSPS) is 11.3. The zero-order valence-corrected chi connectivity index (χ0v) is 11.6. The third-order valence-corrected chi connectivity index (χ3v) is 3.49. The van der Waals surface area contributed by atoms with Crippen LogP contribution in [-0.2, 0) is 0 Å². The number of amides is 1. The molecule has 4 nitrogen and oxygen atoms in total. The second-order valence-electron chi connectivity index (χ2n) is 3.97. The molecule has 0 saturated heterocycles. The van der Waals surface area contributed by atoms with E-state index in [1.54, 1.807) is 12.1 Å². The number of rotatable bonds is 5. The number of aromatic nitrogens is 1. The minimum atomic E-state index is -0.538. The van der Waals surface area contributed by atoms with Crippen molar-refractivity contribution in [2.45, 2.75) is 32.2 Å². The fraction of sp³-hybridized carbons (Fsp3) is 0.500. The number of hydrogen-bond acceptors (Lipinski definition) is 3. The first-order valence-electron chi connectivity index (χ1n) is 5.62. The molecule has 0 fully saturated rings. The first-order valence-corrected chi connectivity index (χ1v) is 6.41. The van der Waals surface area contributed by atoms with Crippen molar-refractivity contribution in [3.8, 4) is 0 Å². The van der Waals surface area contributed by atoms with Crippen LogP contribution >= 0.6 is 15.9 Å². The summed E-state index contributed by atoms with van der Waals surface area (Å²) in [6.07, 6.45) is 2.89. The van der Waals surface area contributed by atoms with Gasteiger partial charge in [0.15, 0.2) is 0 Å². The quantitative estimate of drug-likeness (QED) is 0.819. The van der Waals surface area contributed by atoms with Crippen molar-refractivity contribution in [3.05, 3.63) is 28.5 Å². The summed E-state index contributed by atoms with van der Waals surface area (Å²) in [5.74, 6) is -0.206. The van der Waals surface area contributed by atoms with Gasteiger partial charge in [-0.05, 0) is 40.9 Å². The van der Waals surface area contributed by atoms with Crippen LogP contribution in [0.4, 0.5) is 0 Å². The lowest BCUT2D eigenvalue weighted by molar-refractivity contribution is 0.0817. The van der Waals surface area contributed by atoms with Crippen LogP contribution in [0.3, 0.4) is 0 Å². The second-order valence-corrected chi connectivity index (χ2v) is 4.78. The number of hydrogen-bond donors (Lipinski definition) is 2. The van der Waals surface area contributed by atoms with Gasteiger partial charge in [-0.1, -0.05) is 13.8 Å². The van der Waals surface area contributed by atoms with Crippen molar-refractivity contribution in [2.24, 2.45) is 0 Å². The van der Waals surface area contributed by atoms with Crippen molar-refractivity contribution in [3.63, 3.8) is 0 Å². The molecule has 1 aromatic rings. The fourth-order valence-electron chi connectivity index (χ4n) is 1.51. The second kappa shape index (κ2) is 6.12. The van der Waals surface area contributed by atoms with Crippen LogP contribution in [-0.4, -0.2) is 28.1 Å². The molecule has 94 valence electrons. The van der Waals surface area contributed by atoms with E-state index in [0.717, 1.165) is 0 Å². The topological polar surface area (TPSA) is 62.2 Å². The van der Waals surface area contributed by atoms with Gasteiger partial charge in [0.2, 0.25) is 0 Å². The van der Waals surface area contributed by atoms with Crippen molar-refractivity contribution in [1.29, 1.82) is 0 Å². The van der Waals surface area contributed by atoms with E-state index in [9.17, 15) is 9.90 Å². The van der Waals surface area contributed by atoms with Gasteiger partial charge in [-0.25, -0.2) is 4.98 Å². The van der Waals surface area contributed by atoms with E-state index in [4.69, 9.17) is 0 Å². The Kier molecular flexibility index (Phi) is 5.08. The molecule has 1 rings (SSSR count). The Bertz CT molecular complexity index is 366. The zero-order chi connectivity index (χ0) is 12.9. The molecule has 2 N–H and O–H groups in total. The molecule has 0 aliphatic rings. The van der Waals surface area contributed by atoms with Crippen LogP contribution < -0.4 is 5.32 Å². The molecule has 0 radical (unpaired) electrons. The van der Waals surface area contributed by atoms with Gasteiger partial charge < -0.3 is 10.4 Å². The highest BCUT2D eigenvalue weighted by Gasteiger charge is 2.27. The van der Waals surface area contributed by atoms with Crippen LogP contribution in [0, 0.1) is 0 Å². The molecule has 1 heterocycles. The summed E-state index contributed by atoms with van der Waals surface area (Å²) in [5.41, 5.74) is -0.0441. The number of carbonyl (C=O) groups excluding carboxylic acids is 1. The summed E-state index contributed by atoms with van der Waals surface area (Å²) in [5, 5.41) is 12.2. The maximum atomic E-state index is 12.0. The molecule has 0 saturated carbocycles. The van der Waals surface area contributed by atoms with E-state index < -0.39 is 5.54 Å². The Morgan fingerprint density at radius 3 is 2.53 bits per heavy atom. The highest BCUT2D eigenvalue weighted by atomic mass is 79.9.